The fourth-order valence-corrected chi connectivity index (χ4v) is 2.55. The van der Waals surface area contributed by atoms with E-state index in [1.165, 1.54) is 11.3 Å². The highest BCUT2D eigenvalue weighted by Crippen LogP contribution is 2.47. The molecule has 1 unspecified atom stereocenters. The lowest BCUT2D eigenvalue weighted by atomic mass is 9.84. The largest absolute Gasteiger partial charge is 0.359 e. The number of nitrogens with zero attached hydrogens (tertiary/aromatic N) is 1. The molecule has 92 valence electrons. The number of ether oxygens (including phenoxy) is 1. The first-order chi connectivity index (χ1) is 8.00. The highest BCUT2D eigenvalue weighted by molar-refractivity contribution is 5.70. The maximum atomic E-state index is 5.71. The molecule has 0 saturated carbocycles. The van der Waals surface area contributed by atoms with E-state index in [-0.39, 0.29) is 11.6 Å². The average molecular weight is 231 g/mol. The van der Waals surface area contributed by atoms with E-state index in [0.717, 1.165) is 5.70 Å². The van der Waals surface area contributed by atoms with Gasteiger partial charge in [-0.3, -0.25) is 0 Å². The van der Waals surface area contributed by atoms with Crippen molar-refractivity contribution >= 4 is 5.69 Å². The zero-order valence-electron chi connectivity index (χ0n) is 11.2. The Hall–Kier alpha value is -1.28. The monoisotopic (exact) mass is 231 g/mol. The van der Waals surface area contributed by atoms with Crippen LogP contribution in [0, 0.1) is 0 Å². The molecular weight excluding hydrogens is 210 g/mol. The summed E-state index contributed by atoms with van der Waals surface area (Å²) in [6, 6.07) is 8.48. The first-order valence-corrected chi connectivity index (χ1v) is 6.20. The number of hydrogen-bond acceptors (Lipinski definition) is 2. The molecule has 0 aliphatic carbocycles. The Kier molecular flexibility index (Phi) is 3.00. The molecule has 2 nitrogen and oxygen atoms in total. The summed E-state index contributed by atoms with van der Waals surface area (Å²) in [5, 5.41) is 0. The standard InChI is InChI=1S/C15H21NO/c1-6-17-12(3)16-11(2)15(4,5)13-9-7-8-10-14(13)16/h7-10,12H,2,6H2,1,3-5H3. The molecule has 0 spiro atoms. The van der Waals surface area contributed by atoms with Gasteiger partial charge >= 0.3 is 0 Å². The van der Waals surface area contributed by atoms with Gasteiger partial charge in [0.2, 0.25) is 0 Å². The predicted molar refractivity (Wildman–Crippen MR) is 72.2 cm³/mol. The predicted octanol–water partition coefficient (Wildman–Crippen LogP) is 3.68. The van der Waals surface area contributed by atoms with Gasteiger partial charge in [0.1, 0.15) is 6.23 Å². The highest BCUT2D eigenvalue weighted by Gasteiger charge is 2.40. The van der Waals surface area contributed by atoms with Crippen molar-refractivity contribution in [2.24, 2.45) is 0 Å². The van der Waals surface area contributed by atoms with Crippen LogP contribution < -0.4 is 4.90 Å². The van der Waals surface area contributed by atoms with Crippen LogP contribution in [0.3, 0.4) is 0 Å². The lowest BCUT2D eigenvalue weighted by Crippen LogP contribution is -2.34. The number of anilines is 1. The summed E-state index contributed by atoms with van der Waals surface area (Å²) in [6.07, 6.45) is 0.0374. The summed E-state index contributed by atoms with van der Waals surface area (Å²) in [5.41, 5.74) is 3.65. The molecule has 0 radical (unpaired) electrons. The Labute approximate surface area is 104 Å². The SMILES string of the molecule is C=C1N(C(C)OCC)c2ccccc2C1(C)C. The molecule has 1 heterocycles. The second-order valence-corrected chi connectivity index (χ2v) is 5.01. The minimum absolute atomic E-state index is 0.0119. The van der Waals surface area contributed by atoms with Gasteiger partial charge in [-0.05, 0) is 25.5 Å². The van der Waals surface area contributed by atoms with E-state index >= 15 is 0 Å². The molecule has 0 N–H and O–H groups in total. The normalized spacial score (nSPS) is 19.3. The van der Waals surface area contributed by atoms with Gasteiger partial charge in [-0.2, -0.15) is 0 Å². The average Bonchev–Trinajstić information content (AvgIpc) is 2.49. The number of fused-ring (bicyclic) bond motifs is 1. The van der Waals surface area contributed by atoms with Crippen molar-refractivity contribution < 1.29 is 4.74 Å². The van der Waals surface area contributed by atoms with Gasteiger partial charge in [0.15, 0.2) is 0 Å². The first-order valence-electron chi connectivity index (χ1n) is 6.20. The Balaban J connectivity index is 2.46. The molecule has 1 atom stereocenters. The lowest BCUT2D eigenvalue weighted by Gasteiger charge is -2.30. The molecule has 0 aromatic heterocycles. The summed E-state index contributed by atoms with van der Waals surface area (Å²) in [7, 11) is 0. The van der Waals surface area contributed by atoms with Gasteiger partial charge < -0.3 is 9.64 Å². The molecule has 1 aliphatic rings. The van der Waals surface area contributed by atoms with Crippen LogP contribution in [0.15, 0.2) is 36.5 Å². The Morgan fingerprint density at radius 2 is 2.00 bits per heavy atom. The summed E-state index contributed by atoms with van der Waals surface area (Å²) in [6.45, 7) is 13.5. The molecule has 0 saturated heterocycles. The number of allylic oxidation sites excluding steroid dienone is 1. The van der Waals surface area contributed by atoms with E-state index in [1.807, 2.05) is 6.92 Å². The van der Waals surface area contributed by atoms with Crippen LogP contribution in [0.2, 0.25) is 0 Å². The highest BCUT2D eigenvalue weighted by atomic mass is 16.5. The Morgan fingerprint density at radius 1 is 1.35 bits per heavy atom. The number of para-hydroxylation sites is 1. The van der Waals surface area contributed by atoms with Crippen LogP contribution in [0.1, 0.15) is 33.3 Å². The van der Waals surface area contributed by atoms with E-state index in [1.54, 1.807) is 0 Å². The molecule has 0 fully saturated rings. The smallest absolute Gasteiger partial charge is 0.131 e. The van der Waals surface area contributed by atoms with E-state index in [2.05, 4.69) is 56.5 Å². The molecule has 1 aromatic carbocycles. The third-order valence-corrected chi connectivity index (χ3v) is 3.62. The molecule has 0 amide bonds. The van der Waals surface area contributed by atoms with Crippen molar-refractivity contribution in [1.29, 1.82) is 0 Å². The van der Waals surface area contributed by atoms with Gasteiger partial charge in [0.25, 0.3) is 0 Å². The molecule has 1 aliphatic heterocycles. The summed E-state index contributed by atoms with van der Waals surface area (Å²) in [5.74, 6) is 0. The molecule has 17 heavy (non-hydrogen) atoms. The van der Waals surface area contributed by atoms with Crippen molar-refractivity contribution in [2.75, 3.05) is 11.5 Å². The van der Waals surface area contributed by atoms with Gasteiger partial charge in [-0.25, -0.2) is 0 Å². The molecular formula is C15H21NO. The zero-order valence-corrected chi connectivity index (χ0v) is 11.2. The third-order valence-electron chi connectivity index (χ3n) is 3.62. The van der Waals surface area contributed by atoms with Gasteiger partial charge in [0, 0.05) is 23.4 Å². The number of hydrogen-bond donors (Lipinski definition) is 0. The minimum atomic E-state index is -0.0119. The molecule has 0 bridgehead atoms. The quantitative estimate of drug-likeness (QED) is 0.786. The van der Waals surface area contributed by atoms with E-state index < -0.39 is 0 Å². The maximum absolute atomic E-state index is 5.71. The van der Waals surface area contributed by atoms with Crippen molar-refractivity contribution in [2.45, 2.75) is 39.3 Å². The van der Waals surface area contributed by atoms with Crippen LogP contribution in [-0.2, 0) is 10.2 Å². The minimum Gasteiger partial charge on any atom is -0.359 e. The summed E-state index contributed by atoms with van der Waals surface area (Å²) >= 11 is 0. The lowest BCUT2D eigenvalue weighted by molar-refractivity contribution is 0.0780. The number of rotatable bonds is 3. The van der Waals surface area contributed by atoms with Crippen LogP contribution >= 0.6 is 0 Å². The summed E-state index contributed by atoms with van der Waals surface area (Å²) < 4.78 is 5.71. The fourth-order valence-electron chi connectivity index (χ4n) is 2.55. The van der Waals surface area contributed by atoms with Gasteiger partial charge in [-0.1, -0.05) is 38.6 Å². The molecule has 1 aromatic rings. The van der Waals surface area contributed by atoms with Gasteiger partial charge in [-0.15, -0.1) is 0 Å². The maximum Gasteiger partial charge on any atom is 0.131 e. The second kappa shape index (κ2) is 4.19. The topological polar surface area (TPSA) is 12.5 Å². The Morgan fingerprint density at radius 3 is 2.65 bits per heavy atom. The zero-order chi connectivity index (χ0) is 12.6. The third kappa shape index (κ3) is 1.77. The van der Waals surface area contributed by atoms with Crippen molar-refractivity contribution in [3.63, 3.8) is 0 Å². The van der Waals surface area contributed by atoms with Crippen LogP contribution in [0.25, 0.3) is 0 Å². The van der Waals surface area contributed by atoms with Crippen LogP contribution in [-0.4, -0.2) is 12.8 Å². The van der Waals surface area contributed by atoms with Crippen molar-refractivity contribution in [3.05, 3.63) is 42.1 Å². The number of benzene rings is 1. The van der Waals surface area contributed by atoms with E-state index in [9.17, 15) is 0 Å². The van der Waals surface area contributed by atoms with E-state index in [4.69, 9.17) is 4.74 Å². The Bertz CT molecular complexity index is 436. The van der Waals surface area contributed by atoms with Crippen molar-refractivity contribution in [3.8, 4) is 0 Å². The second-order valence-electron chi connectivity index (χ2n) is 5.01. The van der Waals surface area contributed by atoms with Crippen molar-refractivity contribution in [1.82, 2.24) is 0 Å². The van der Waals surface area contributed by atoms with Crippen LogP contribution in [0.4, 0.5) is 5.69 Å². The first kappa shape index (κ1) is 12.2. The van der Waals surface area contributed by atoms with E-state index in [0.29, 0.717) is 6.61 Å². The van der Waals surface area contributed by atoms with Gasteiger partial charge in [0.05, 0.1) is 0 Å². The molecule has 2 heteroatoms. The fraction of sp³-hybridized carbons (Fsp3) is 0.467. The summed E-state index contributed by atoms with van der Waals surface area (Å²) in [4.78, 5) is 2.21. The van der Waals surface area contributed by atoms with Crippen LogP contribution in [0.5, 0.6) is 0 Å². The molecule has 2 rings (SSSR count).